The molecule has 1 atom stereocenters. The third-order valence-electron chi connectivity index (χ3n) is 2.09. The molecule has 1 aromatic rings. The van der Waals surface area contributed by atoms with Crippen LogP contribution in [0.25, 0.3) is 0 Å². The summed E-state index contributed by atoms with van der Waals surface area (Å²) >= 11 is 3.34. The van der Waals surface area contributed by atoms with Crippen molar-refractivity contribution in [2.24, 2.45) is 0 Å². The number of carbonyl (C=O) groups excluding carboxylic acids is 1. The molecule has 0 saturated carbocycles. The van der Waals surface area contributed by atoms with Gasteiger partial charge in [-0.3, -0.25) is 9.78 Å². The summed E-state index contributed by atoms with van der Waals surface area (Å²) < 4.78 is 0. The average molecular weight is 257 g/mol. The van der Waals surface area contributed by atoms with Crippen LogP contribution in [0.1, 0.15) is 17.4 Å². The van der Waals surface area contributed by atoms with Gasteiger partial charge in [-0.05, 0) is 19.1 Å². The summed E-state index contributed by atoms with van der Waals surface area (Å²) in [6.45, 7) is 1.98. The molecule has 0 aromatic carbocycles. The highest BCUT2D eigenvalue weighted by Crippen LogP contribution is 2.05. The fourth-order valence-corrected chi connectivity index (χ4v) is 1.41. The van der Waals surface area contributed by atoms with E-state index in [1.165, 1.54) is 0 Å². The molecule has 0 N–H and O–H groups in total. The van der Waals surface area contributed by atoms with Gasteiger partial charge in [-0.1, -0.05) is 22.0 Å². The van der Waals surface area contributed by atoms with Gasteiger partial charge in [0.15, 0.2) is 0 Å². The van der Waals surface area contributed by atoms with Gasteiger partial charge in [0.2, 0.25) is 0 Å². The van der Waals surface area contributed by atoms with E-state index in [-0.39, 0.29) is 11.9 Å². The number of aromatic nitrogens is 1. The number of hydrogen-bond donors (Lipinski definition) is 0. The lowest BCUT2D eigenvalue weighted by atomic mass is 10.3. The molecule has 0 aliphatic carbocycles. The van der Waals surface area contributed by atoms with E-state index >= 15 is 0 Å². The molecule has 0 spiro atoms. The van der Waals surface area contributed by atoms with E-state index in [4.69, 9.17) is 0 Å². The molecule has 0 saturated heterocycles. The van der Waals surface area contributed by atoms with Crippen LogP contribution in [-0.4, -0.2) is 34.2 Å². The zero-order valence-electron chi connectivity index (χ0n) is 8.27. The van der Waals surface area contributed by atoms with Gasteiger partial charge >= 0.3 is 0 Å². The minimum Gasteiger partial charge on any atom is -0.337 e. The Bertz CT molecular complexity index is 302. The van der Waals surface area contributed by atoms with Crippen molar-refractivity contribution < 1.29 is 4.79 Å². The van der Waals surface area contributed by atoms with E-state index in [0.717, 1.165) is 5.33 Å². The smallest absolute Gasteiger partial charge is 0.272 e. The maximum Gasteiger partial charge on any atom is 0.272 e. The molecule has 1 aromatic heterocycles. The van der Waals surface area contributed by atoms with Gasteiger partial charge in [-0.15, -0.1) is 0 Å². The predicted molar refractivity (Wildman–Crippen MR) is 59.6 cm³/mol. The van der Waals surface area contributed by atoms with E-state index in [1.54, 1.807) is 30.3 Å². The quantitative estimate of drug-likeness (QED) is 0.775. The van der Waals surface area contributed by atoms with Crippen LogP contribution in [0.5, 0.6) is 0 Å². The van der Waals surface area contributed by atoms with Crippen LogP contribution < -0.4 is 0 Å². The fraction of sp³-hybridized carbons (Fsp3) is 0.400. The van der Waals surface area contributed by atoms with E-state index in [0.29, 0.717) is 5.69 Å². The predicted octanol–water partition coefficient (Wildman–Crippen LogP) is 1.94. The Morgan fingerprint density at radius 1 is 1.64 bits per heavy atom. The van der Waals surface area contributed by atoms with E-state index in [9.17, 15) is 4.79 Å². The first-order valence-electron chi connectivity index (χ1n) is 4.41. The average Bonchev–Trinajstić information content (AvgIpc) is 2.27. The molecule has 0 aliphatic heterocycles. The summed E-state index contributed by atoms with van der Waals surface area (Å²) in [7, 11) is 1.78. The van der Waals surface area contributed by atoms with Crippen molar-refractivity contribution in [1.82, 2.24) is 9.88 Å². The third kappa shape index (κ3) is 2.54. The van der Waals surface area contributed by atoms with Crippen molar-refractivity contribution in [3.05, 3.63) is 30.1 Å². The van der Waals surface area contributed by atoms with Crippen molar-refractivity contribution in [3.8, 4) is 0 Å². The highest BCUT2D eigenvalue weighted by molar-refractivity contribution is 9.09. The minimum atomic E-state index is -0.0439. The molecule has 14 heavy (non-hydrogen) atoms. The van der Waals surface area contributed by atoms with Crippen molar-refractivity contribution in [3.63, 3.8) is 0 Å². The zero-order chi connectivity index (χ0) is 10.6. The number of rotatable bonds is 3. The number of pyridine rings is 1. The van der Waals surface area contributed by atoms with Crippen LogP contribution in [0.15, 0.2) is 24.4 Å². The second-order valence-electron chi connectivity index (χ2n) is 3.13. The van der Waals surface area contributed by atoms with Crippen molar-refractivity contribution >= 4 is 21.8 Å². The Kier molecular flexibility index (Phi) is 4.07. The van der Waals surface area contributed by atoms with Gasteiger partial charge in [0.1, 0.15) is 5.69 Å². The normalized spacial score (nSPS) is 12.2. The highest BCUT2D eigenvalue weighted by Gasteiger charge is 2.16. The molecular weight excluding hydrogens is 244 g/mol. The van der Waals surface area contributed by atoms with Crippen LogP contribution in [0.2, 0.25) is 0 Å². The van der Waals surface area contributed by atoms with Crippen molar-refractivity contribution in [2.75, 3.05) is 12.4 Å². The summed E-state index contributed by atoms with van der Waals surface area (Å²) in [6.07, 6.45) is 1.62. The molecule has 3 nitrogen and oxygen atoms in total. The molecule has 4 heteroatoms. The van der Waals surface area contributed by atoms with Crippen molar-refractivity contribution in [1.29, 1.82) is 0 Å². The molecular formula is C10H13BrN2O. The summed E-state index contributed by atoms with van der Waals surface area (Å²) in [4.78, 5) is 17.5. The molecule has 76 valence electrons. The summed E-state index contributed by atoms with van der Waals surface area (Å²) in [5, 5.41) is 0.766. The largest absolute Gasteiger partial charge is 0.337 e. The number of halogens is 1. The van der Waals surface area contributed by atoms with Crippen molar-refractivity contribution in [2.45, 2.75) is 13.0 Å². The first-order chi connectivity index (χ1) is 6.66. The molecule has 1 unspecified atom stereocenters. The second kappa shape index (κ2) is 5.10. The molecule has 1 heterocycles. The van der Waals surface area contributed by atoms with Gasteiger partial charge in [-0.2, -0.15) is 0 Å². The number of hydrogen-bond acceptors (Lipinski definition) is 2. The monoisotopic (exact) mass is 256 g/mol. The number of alkyl halides is 1. The van der Waals surface area contributed by atoms with Gasteiger partial charge in [0, 0.05) is 24.6 Å². The van der Waals surface area contributed by atoms with Gasteiger partial charge in [0.25, 0.3) is 5.91 Å². The van der Waals surface area contributed by atoms with Gasteiger partial charge in [0.05, 0.1) is 0 Å². The lowest BCUT2D eigenvalue weighted by Gasteiger charge is -2.22. The minimum absolute atomic E-state index is 0.0439. The van der Waals surface area contributed by atoms with E-state index in [2.05, 4.69) is 20.9 Å². The first-order valence-corrected chi connectivity index (χ1v) is 5.53. The van der Waals surface area contributed by atoms with Crippen LogP contribution >= 0.6 is 15.9 Å². The standard InChI is InChI=1S/C10H13BrN2O/c1-8(7-11)13(2)10(14)9-5-3-4-6-12-9/h3-6,8H,7H2,1-2H3. The molecule has 1 amide bonds. The zero-order valence-corrected chi connectivity index (χ0v) is 9.86. The SMILES string of the molecule is CC(CBr)N(C)C(=O)c1ccccn1. The number of carbonyl (C=O) groups is 1. The number of amides is 1. The lowest BCUT2D eigenvalue weighted by Crippen LogP contribution is -2.36. The Balaban J connectivity index is 2.76. The Morgan fingerprint density at radius 3 is 2.86 bits per heavy atom. The second-order valence-corrected chi connectivity index (χ2v) is 3.78. The molecule has 0 aliphatic rings. The molecule has 1 rings (SSSR count). The van der Waals surface area contributed by atoms with Crippen LogP contribution in [0.4, 0.5) is 0 Å². The topological polar surface area (TPSA) is 33.2 Å². The van der Waals surface area contributed by atoms with E-state index < -0.39 is 0 Å². The Labute approximate surface area is 92.3 Å². The van der Waals surface area contributed by atoms with Crippen LogP contribution in [0, 0.1) is 0 Å². The molecule has 0 bridgehead atoms. The van der Waals surface area contributed by atoms with Gasteiger partial charge < -0.3 is 4.90 Å². The maximum atomic E-state index is 11.8. The third-order valence-corrected chi connectivity index (χ3v) is 3.03. The van der Waals surface area contributed by atoms with Gasteiger partial charge in [-0.25, -0.2) is 0 Å². The number of nitrogens with zero attached hydrogens (tertiary/aromatic N) is 2. The van der Waals surface area contributed by atoms with Crippen LogP contribution in [0.3, 0.4) is 0 Å². The fourth-order valence-electron chi connectivity index (χ4n) is 0.974. The van der Waals surface area contributed by atoms with Crippen LogP contribution in [-0.2, 0) is 0 Å². The van der Waals surface area contributed by atoms with E-state index in [1.807, 2.05) is 13.0 Å². The Hall–Kier alpha value is -0.900. The lowest BCUT2D eigenvalue weighted by molar-refractivity contribution is 0.0752. The first kappa shape index (κ1) is 11.2. The summed E-state index contributed by atoms with van der Waals surface area (Å²) in [5.74, 6) is -0.0439. The molecule has 0 radical (unpaired) electrons. The summed E-state index contributed by atoms with van der Waals surface area (Å²) in [5.41, 5.74) is 0.489. The maximum absolute atomic E-state index is 11.8. The Morgan fingerprint density at radius 2 is 2.36 bits per heavy atom. The summed E-state index contributed by atoms with van der Waals surface area (Å²) in [6, 6.07) is 5.50. The highest BCUT2D eigenvalue weighted by atomic mass is 79.9. The molecule has 0 fully saturated rings.